The second kappa shape index (κ2) is 11.4. The number of hydrogen-bond donors (Lipinski definition) is 5. The lowest BCUT2D eigenvalue weighted by Crippen LogP contribution is -2.15. The topological polar surface area (TPSA) is 262 Å². The van der Waals surface area contributed by atoms with Crippen LogP contribution >= 0.6 is 12.0 Å². The van der Waals surface area contributed by atoms with Gasteiger partial charge in [0.05, 0.1) is 50.5 Å². The molecule has 6 N–H and O–H groups in total. The van der Waals surface area contributed by atoms with E-state index in [1.165, 1.54) is 18.2 Å². The molecule has 0 saturated carbocycles. The van der Waals surface area contributed by atoms with Gasteiger partial charge >= 0.3 is 10.4 Å². The van der Waals surface area contributed by atoms with Crippen LogP contribution in [0.3, 0.4) is 0 Å². The molecular formula is C18H17N3O13S4. The van der Waals surface area contributed by atoms with Crippen LogP contribution in [0.2, 0.25) is 0 Å². The fourth-order valence-electron chi connectivity index (χ4n) is 3.05. The quantitative estimate of drug-likeness (QED) is 0.0521. The SMILES string of the molecule is Nc1c(/N=N/c2ccc(S(=O)(=O)CCOS(=O)(=O)O)cc2)c(SOOO)cc2cc(S(=O)(=O)O)cc(O)c12. The lowest BCUT2D eigenvalue weighted by molar-refractivity contribution is -0.432. The number of sulfone groups is 1. The fourth-order valence-corrected chi connectivity index (χ4v) is 5.59. The number of anilines is 1. The molecule has 0 unspecified atom stereocenters. The highest BCUT2D eigenvalue weighted by molar-refractivity contribution is 7.94. The molecule has 0 radical (unpaired) electrons. The van der Waals surface area contributed by atoms with Crippen molar-refractivity contribution in [3.05, 3.63) is 42.5 Å². The Labute approximate surface area is 219 Å². The fraction of sp³-hybridized carbons (Fsp3) is 0.111. The van der Waals surface area contributed by atoms with E-state index in [0.29, 0.717) is 12.0 Å². The first-order valence-corrected chi connectivity index (χ1v) is 14.9. The van der Waals surface area contributed by atoms with Gasteiger partial charge in [-0.2, -0.15) is 21.9 Å². The Morgan fingerprint density at radius 3 is 2.16 bits per heavy atom. The zero-order valence-corrected chi connectivity index (χ0v) is 21.8. The summed E-state index contributed by atoms with van der Waals surface area (Å²) in [6.45, 7) is -0.803. The van der Waals surface area contributed by atoms with Gasteiger partial charge in [-0.15, -0.1) is 9.45 Å². The van der Waals surface area contributed by atoms with Gasteiger partial charge in [0.15, 0.2) is 9.84 Å². The maximum absolute atomic E-state index is 12.3. The van der Waals surface area contributed by atoms with Gasteiger partial charge in [0, 0.05) is 11.5 Å². The molecule has 0 fully saturated rings. The number of nitrogens with two attached hydrogens (primary N) is 1. The van der Waals surface area contributed by atoms with Gasteiger partial charge in [-0.3, -0.25) is 9.11 Å². The van der Waals surface area contributed by atoms with Crippen molar-refractivity contribution in [1.29, 1.82) is 0 Å². The largest absolute Gasteiger partial charge is 0.507 e. The molecule has 16 nitrogen and oxygen atoms in total. The Morgan fingerprint density at radius 2 is 1.58 bits per heavy atom. The number of nitrogen functional groups attached to an aromatic ring is 1. The van der Waals surface area contributed by atoms with Crippen molar-refractivity contribution in [3.8, 4) is 5.75 Å². The molecule has 0 amide bonds. The van der Waals surface area contributed by atoms with Gasteiger partial charge in [-0.05, 0) is 41.8 Å². The number of nitrogens with zero attached hydrogens (tertiary/aromatic N) is 2. The number of phenolic OH excluding ortho intramolecular Hbond substituents is 1. The minimum Gasteiger partial charge on any atom is -0.507 e. The smallest absolute Gasteiger partial charge is 0.397 e. The monoisotopic (exact) mass is 611 g/mol. The molecule has 0 aromatic heterocycles. The predicted molar refractivity (Wildman–Crippen MR) is 131 cm³/mol. The van der Waals surface area contributed by atoms with Crippen LogP contribution in [-0.4, -0.2) is 57.1 Å². The Morgan fingerprint density at radius 1 is 0.921 bits per heavy atom. The minimum absolute atomic E-state index is 0.0257. The van der Waals surface area contributed by atoms with Crippen molar-refractivity contribution in [2.24, 2.45) is 10.2 Å². The lowest BCUT2D eigenvalue weighted by Gasteiger charge is -2.12. The first-order valence-electron chi connectivity index (χ1n) is 9.70. The number of rotatable bonds is 11. The number of fused-ring (bicyclic) bond motifs is 1. The van der Waals surface area contributed by atoms with Gasteiger partial charge in [0.25, 0.3) is 10.1 Å². The van der Waals surface area contributed by atoms with E-state index in [1.807, 2.05) is 0 Å². The highest BCUT2D eigenvalue weighted by Gasteiger charge is 2.20. The van der Waals surface area contributed by atoms with E-state index >= 15 is 0 Å². The first-order chi connectivity index (χ1) is 17.6. The summed E-state index contributed by atoms with van der Waals surface area (Å²) in [4.78, 5) is -0.797. The summed E-state index contributed by atoms with van der Waals surface area (Å²) in [7, 11) is -13.4. The molecule has 38 heavy (non-hydrogen) atoms. The van der Waals surface area contributed by atoms with Gasteiger partial charge in [0.1, 0.15) is 11.4 Å². The van der Waals surface area contributed by atoms with Crippen molar-refractivity contribution in [1.82, 2.24) is 0 Å². The Kier molecular flexibility index (Phi) is 8.93. The van der Waals surface area contributed by atoms with Crippen LogP contribution in [-0.2, 0) is 43.9 Å². The lowest BCUT2D eigenvalue weighted by atomic mass is 10.1. The Hall–Kier alpha value is -2.92. The molecule has 20 heteroatoms. The summed E-state index contributed by atoms with van der Waals surface area (Å²) < 4.78 is 94.9. The van der Waals surface area contributed by atoms with E-state index in [0.717, 1.165) is 24.3 Å². The molecule has 3 aromatic rings. The number of aromatic hydroxyl groups is 1. The van der Waals surface area contributed by atoms with Crippen LogP contribution in [0.25, 0.3) is 10.8 Å². The zero-order valence-electron chi connectivity index (χ0n) is 18.5. The molecule has 0 aliphatic rings. The highest BCUT2D eigenvalue weighted by Crippen LogP contribution is 2.45. The van der Waals surface area contributed by atoms with Crippen LogP contribution in [0, 0.1) is 0 Å². The summed E-state index contributed by atoms with van der Waals surface area (Å²) in [5.74, 6) is -1.34. The van der Waals surface area contributed by atoms with Gasteiger partial charge in [-0.1, -0.05) is 5.04 Å². The second-order valence-electron chi connectivity index (χ2n) is 7.14. The number of phenols is 1. The Balaban J connectivity index is 1.97. The van der Waals surface area contributed by atoms with E-state index in [4.69, 9.17) is 15.5 Å². The van der Waals surface area contributed by atoms with Gasteiger partial charge < -0.3 is 10.8 Å². The second-order valence-corrected chi connectivity index (χ2v) is 12.5. The van der Waals surface area contributed by atoms with E-state index < -0.39 is 53.4 Å². The van der Waals surface area contributed by atoms with E-state index in [2.05, 4.69) is 23.8 Å². The molecule has 0 spiro atoms. The van der Waals surface area contributed by atoms with Gasteiger partial charge in [-0.25, -0.2) is 17.9 Å². The highest BCUT2D eigenvalue weighted by atomic mass is 32.3. The third kappa shape index (κ3) is 7.35. The van der Waals surface area contributed by atoms with E-state index in [1.54, 1.807) is 0 Å². The molecule has 0 bridgehead atoms. The van der Waals surface area contributed by atoms with Crippen LogP contribution in [0.4, 0.5) is 17.1 Å². The predicted octanol–water partition coefficient (Wildman–Crippen LogP) is 2.81. The summed E-state index contributed by atoms with van der Waals surface area (Å²) in [5.41, 5.74) is 5.93. The molecule has 0 atom stereocenters. The normalized spacial score (nSPS) is 12.9. The number of hydrogen-bond acceptors (Lipinski definition) is 15. The van der Waals surface area contributed by atoms with E-state index in [-0.39, 0.29) is 37.6 Å². The maximum atomic E-state index is 12.3. The molecule has 3 rings (SSSR count). The Bertz CT molecular complexity index is 1710. The third-order valence-electron chi connectivity index (χ3n) is 4.66. The maximum Gasteiger partial charge on any atom is 0.397 e. The minimum atomic E-state index is -4.80. The van der Waals surface area contributed by atoms with Crippen molar-refractivity contribution >= 4 is 70.2 Å². The summed E-state index contributed by atoms with van der Waals surface area (Å²) in [6, 6.07) is 7.87. The zero-order chi connectivity index (χ0) is 28.3. The van der Waals surface area contributed by atoms with Crippen molar-refractivity contribution < 1.29 is 58.3 Å². The van der Waals surface area contributed by atoms with Crippen LogP contribution < -0.4 is 5.73 Å². The third-order valence-corrected chi connectivity index (χ3v) is 8.27. The molecule has 206 valence electrons. The van der Waals surface area contributed by atoms with Crippen molar-refractivity contribution in [3.63, 3.8) is 0 Å². The number of benzene rings is 3. The molecule has 0 aliphatic carbocycles. The standard InChI is InChI=1S/C18H17N3O13S4/c19-17-16-10(7-13(9-14(16)22)37(26,27)28)8-15(35-34-33-23)18(17)21-20-11-1-3-12(4-2-11)36(24,25)6-5-32-38(29,30)31/h1-4,7-9,22-23H,5-6,19H2,(H,26,27,28)(H,29,30,31)/b21-20+. The summed E-state index contributed by atoms with van der Waals surface area (Å²) in [6.07, 6.45) is 0. The first kappa shape index (κ1) is 29.6. The molecule has 0 saturated heterocycles. The van der Waals surface area contributed by atoms with Crippen molar-refractivity contribution in [2.75, 3.05) is 18.1 Å². The van der Waals surface area contributed by atoms with Gasteiger partial charge in [0.2, 0.25) is 0 Å². The summed E-state index contributed by atoms with van der Waals surface area (Å²) in [5, 5.41) is 30.3. The van der Waals surface area contributed by atoms with Crippen LogP contribution in [0.1, 0.15) is 0 Å². The van der Waals surface area contributed by atoms with Crippen LogP contribution in [0.15, 0.2) is 67.4 Å². The average molecular weight is 612 g/mol. The average Bonchev–Trinajstić information content (AvgIpc) is 2.80. The molecule has 3 aromatic carbocycles. The van der Waals surface area contributed by atoms with Crippen molar-refractivity contribution in [2.45, 2.75) is 14.7 Å². The van der Waals surface area contributed by atoms with E-state index in [9.17, 15) is 34.9 Å². The summed E-state index contributed by atoms with van der Waals surface area (Å²) >= 11 is 0.394. The molecular weight excluding hydrogens is 594 g/mol. The van der Waals surface area contributed by atoms with Crippen LogP contribution in [0.5, 0.6) is 5.75 Å². The molecule has 0 aliphatic heterocycles. The molecule has 0 heterocycles. The number of azo groups is 1.